The lowest BCUT2D eigenvalue weighted by atomic mass is 10.2. The summed E-state index contributed by atoms with van der Waals surface area (Å²) in [7, 11) is -4.12. The molecule has 3 rings (SSSR count). The van der Waals surface area contributed by atoms with E-state index in [2.05, 4.69) is 0 Å². The normalized spacial score (nSPS) is 11.1. The predicted octanol–water partition coefficient (Wildman–Crippen LogP) is 5.09. The second-order valence-electron chi connectivity index (χ2n) is 6.06. The fourth-order valence-electron chi connectivity index (χ4n) is 2.60. The van der Waals surface area contributed by atoms with Crippen molar-refractivity contribution < 1.29 is 22.9 Å². The first-order valence-electron chi connectivity index (χ1n) is 8.40. The molecule has 0 saturated carbocycles. The van der Waals surface area contributed by atoms with Crippen molar-refractivity contribution >= 4 is 44.7 Å². The second kappa shape index (κ2) is 8.83. The molecule has 0 aliphatic carbocycles. The summed E-state index contributed by atoms with van der Waals surface area (Å²) >= 11 is 11.9. The van der Waals surface area contributed by atoms with Gasteiger partial charge in [-0.3, -0.25) is 10.1 Å². The number of benzene rings is 3. The van der Waals surface area contributed by atoms with Crippen LogP contribution in [0.1, 0.15) is 15.9 Å². The molecule has 0 heterocycles. The number of nitro benzene ring substituents is 1. The molecule has 0 bridgehead atoms. The van der Waals surface area contributed by atoms with E-state index in [0.29, 0.717) is 15.6 Å². The largest absolute Gasteiger partial charge is 0.457 e. The van der Waals surface area contributed by atoms with Crippen molar-refractivity contribution in [2.45, 2.75) is 16.4 Å². The zero-order chi connectivity index (χ0) is 21.9. The monoisotopic (exact) mass is 465 g/mol. The van der Waals surface area contributed by atoms with E-state index in [1.54, 1.807) is 12.1 Å². The van der Waals surface area contributed by atoms with E-state index >= 15 is 0 Å². The van der Waals surface area contributed by atoms with Gasteiger partial charge in [0.1, 0.15) is 6.61 Å². The topological polar surface area (TPSA) is 104 Å². The van der Waals surface area contributed by atoms with Gasteiger partial charge < -0.3 is 4.74 Å². The average Bonchev–Trinajstić information content (AvgIpc) is 2.73. The van der Waals surface area contributed by atoms with E-state index in [9.17, 15) is 23.3 Å². The summed E-state index contributed by atoms with van der Waals surface area (Å²) in [4.78, 5) is 22.3. The molecule has 0 aliphatic rings. The van der Waals surface area contributed by atoms with Crippen molar-refractivity contribution in [2.75, 3.05) is 0 Å². The minimum absolute atomic E-state index is 0.166. The van der Waals surface area contributed by atoms with Crippen molar-refractivity contribution in [3.8, 4) is 0 Å². The SMILES string of the molecule is O=C(OCc1ccc(Cl)cc1Cl)c1ccccc1S(=O)(=O)c1ccc([N+](=O)[O-])cc1. The average molecular weight is 466 g/mol. The Bertz CT molecular complexity index is 1230. The molecule has 3 aromatic rings. The fraction of sp³-hybridized carbons (Fsp3) is 0.0500. The molecule has 0 fully saturated rings. The van der Waals surface area contributed by atoms with Crippen LogP contribution in [0.2, 0.25) is 10.0 Å². The number of esters is 1. The number of sulfone groups is 1. The van der Waals surface area contributed by atoms with E-state index in [1.165, 1.54) is 30.3 Å². The highest BCUT2D eigenvalue weighted by Crippen LogP contribution is 2.27. The minimum atomic E-state index is -4.12. The molecule has 0 radical (unpaired) electrons. The van der Waals surface area contributed by atoms with E-state index in [0.717, 1.165) is 24.3 Å². The number of carbonyl (C=O) groups is 1. The summed E-state index contributed by atoms with van der Waals surface area (Å²) in [5.41, 5.74) is 0.0903. The molecule has 0 aliphatic heterocycles. The lowest BCUT2D eigenvalue weighted by Crippen LogP contribution is -2.12. The molecule has 154 valence electrons. The molecule has 10 heteroatoms. The summed E-state index contributed by atoms with van der Waals surface area (Å²) in [5.74, 6) is -0.859. The summed E-state index contributed by atoms with van der Waals surface area (Å²) < 4.78 is 31.2. The Balaban J connectivity index is 1.89. The third-order valence-corrected chi connectivity index (χ3v) is 6.54. The smallest absolute Gasteiger partial charge is 0.339 e. The van der Waals surface area contributed by atoms with Gasteiger partial charge in [0.15, 0.2) is 0 Å². The number of ether oxygens (including phenoxy) is 1. The number of halogens is 2. The Labute approximate surface area is 181 Å². The maximum absolute atomic E-state index is 13.0. The van der Waals surface area contributed by atoms with Gasteiger partial charge in [0.05, 0.1) is 20.3 Å². The first kappa shape index (κ1) is 21.8. The van der Waals surface area contributed by atoms with Crippen molar-refractivity contribution in [1.29, 1.82) is 0 Å². The van der Waals surface area contributed by atoms with E-state index in [1.807, 2.05) is 0 Å². The molecule has 7 nitrogen and oxygen atoms in total. The molecule has 0 atom stereocenters. The highest BCUT2D eigenvalue weighted by Gasteiger charge is 2.25. The Morgan fingerprint density at radius 2 is 1.67 bits per heavy atom. The summed E-state index contributed by atoms with van der Waals surface area (Å²) in [6.45, 7) is -0.180. The number of rotatable bonds is 6. The van der Waals surface area contributed by atoms with Crippen molar-refractivity contribution in [3.63, 3.8) is 0 Å². The van der Waals surface area contributed by atoms with Crippen LogP contribution in [0.3, 0.4) is 0 Å². The van der Waals surface area contributed by atoms with Gasteiger partial charge in [-0.05, 0) is 36.4 Å². The van der Waals surface area contributed by atoms with Crippen LogP contribution in [0.15, 0.2) is 76.5 Å². The van der Waals surface area contributed by atoms with Crippen molar-refractivity contribution in [2.24, 2.45) is 0 Å². The van der Waals surface area contributed by atoms with Crippen LogP contribution >= 0.6 is 23.2 Å². The standard InChI is InChI=1S/C20H13Cl2NO6S/c21-14-6-5-13(18(22)11-14)12-29-20(24)17-3-1-2-4-19(17)30(27,28)16-9-7-15(8-10-16)23(25)26/h1-11H,12H2. The predicted molar refractivity (Wildman–Crippen MR) is 111 cm³/mol. The number of non-ortho nitro benzene ring substituents is 1. The van der Waals surface area contributed by atoms with Crippen LogP contribution in [0.5, 0.6) is 0 Å². The zero-order valence-corrected chi connectivity index (χ0v) is 17.4. The minimum Gasteiger partial charge on any atom is -0.457 e. The maximum atomic E-state index is 13.0. The van der Waals surface area contributed by atoms with E-state index in [4.69, 9.17) is 27.9 Å². The number of carbonyl (C=O) groups excluding carboxylic acids is 1. The highest BCUT2D eigenvalue weighted by atomic mass is 35.5. The van der Waals surface area contributed by atoms with Gasteiger partial charge in [0.25, 0.3) is 5.69 Å². The van der Waals surface area contributed by atoms with Crippen molar-refractivity contribution in [1.82, 2.24) is 0 Å². The van der Waals surface area contributed by atoms with Crippen molar-refractivity contribution in [3.05, 3.63) is 98.0 Å². The number of nitrogens with zero attached hydrogens (tertiary/aromatic N) is 1. The molecular weight excluding hydrogens is 453 g/mol. The third kappa shape index (κ3) is 4.62. The molecule has 0 saturated heterocycles. The molecule has 0 spiro atoms. The number of hydrogen-bond acceptors (Lipinski definition) is 6. The van der Waals surface area contributed by atoms with E-state index in [-0.39, 0.29) is 27.6 Å². The quantitative estimate of drug-likeness (QED) is 0.285. The van der Waals surface area contributed by atoms with Crippen LogP contribution in [0.25, 0.3) is 0 Å². The molecule has 0 aromatic heterocycles. The van der Waals surface area contributed by atoms with Gasteiger partial charge in [0, 0.05) is 27.7 Å². The first-order valence-corrected chi connectivity index (χ1v) is 10.6. The molecular formula is C20H13Cl2NO6S. The molecule has 0 amide bonds. The lowest BCUT2D eigenvalue weighted by molar-refractivity contribution is -0.384. The van der Waals surface area contributed by atoms with E-state index < -0.39 is 20.7 Å². The van der Waals surface area contributed by atoms with Gasteiger partial charge in [-0.25, -0.2) is 13.2 Å². The summed E-state index contributed by atoms with van der Waals surface area (Å²) in [5, 5.41) is 11.5. The zero-order valence-electron chi connectivity index (χ0n) is 15.1. The van der Waals surface area contributed by atoms with Gasteiger partial charge in [-0.2, -0.15) is 0 Å². The fourth-order valence-corrected chi connectivity index (χ4v) is 4.51. The first-order chi connectivity index (χ1) is 14.2. The van der Waals surface area contributed by atoms with Gasteiger partial charge in [-0.15, -0.1) is 0 Å². The molecule has 0 N–H and O–H groups in total. The number of nitro groups is 1. The molecule has 0 unspecified atom stereocenters. The van der Waals surface area contributed by atoms with Crippen LogP contribution in [0.4, 0.5) is 5.69 Å². The maximum Gasteiger partial charge on any atom is 0.339 e. The van der Waals surface area contributed by atoms with Gasteiger partial charge in [-0.1, -0.05) is 41.4 Å². The summed E-state index contributed by atoms with van der Waals surface area (Å²) in [6, 6.07) is 14.6. The molecule has 30 heavy (non-hydrogen) atoms. The third-order valence-electron chi connectivity index (χ3n) is 4.13. The Hall–Kier alpha value is -2.94. The van der Waals surface area contributed by atoms with Crippen LogP contribution in [-0.4, -0.2) is 19.3 Å². The van der Waals surface area contributed by atoms with Crippen LogP contribution < -0.4 is 0 Å². The summed E-state index contributed by atoms with van der Waals surface area (Å²) in [6.07, 6.45) is 0. The van der Waals surface area contributed by atoms with Crippen LogP contribution in [-0.2, 0) is 21.2 Å². The Kier molecular flexibility index (Phi) is 6.40. The van der Waals surface area contributed by atoms with Gasteiger partial charge >= 0.3 is 5.97 Å². The second-order valence-corrected chi connectivity index (χ2v) is 8.82. The number of hydrogen-bond donors (Lipinski definition) is 0. The highest BCUT2D eigenvalue weighted by molar-refractivity contribution is 7.91. The Morgan fingerprint density at radius 1 is 1.00 bits per heavy atom. The van der Waals surface area contributed by atoms with Gasteiger partial charge in [0.2, 0.25) is 9.84 Å². The van der Waals surface area contributed by atoms with Crippen LogP contribution in [0, 0.1) is 10.1 Å². The molecule has 3 aromatic carbocycles. The Morgan fingerprint density at radius 3 is 2.30 bits per heavy atom. The lowest BCUT2D eigenvalue weighted by Gasteiger charge is -2.11.